The summed E-state index contributed by atoms with van der Waals surface area (Å²) in [7, 11) is 1.49. The van der Waals surface area contributed by atoms with Crippen molar-refractivity contribution in [1.82, 2.24) is 4.90 Å². The third-order valence-electron chi connectivity index (χ3n) is 2.83. The van der Waals surface area contributed by atoms with E-state index in [1.807, 2.05) is 0 Å². The lowest BCUT2D eigenvalue weighted by atomic mass is 10.0. The van der Waals surface area contributed by atoms with Crippen molar-refractivity contribution in [2.45, 2.75) is 38.8 Å². The van der Waals surface area contributed by atoms with E-state index in [0.717, 1.165) is 0 Å². The number of hydrogen-bond acceptors (Lipinski definition) is 4. The highest BCUT2D eigenvalue weighted by molar-refractivity contribution is 5.75. The van der Waals surface area contributed by atoms with Gasteiger partial charge >= 0.3 is 12.1 Å². The number of carbonyl (C=O) groups is 2. The molecule has 0 aromatic rings. The minimum absolute atomic E-state index is 0.205. The molecule has 6 heteroatoms. The van der Waals surface area contributed by atoms with Crippen LogP contribution in [0.1, 0.15) is 27.2 Å². The number of likely N-dealkylation sites (tertiary alicyclic amines) is 1. The summed E-state index contributed by atoms with van der Waals surface area (Å²) in [5.74, 6) is -1.49. The zero-order valence-corrected chi connectivity index (χ0v) is 11.3. The minimum atomic E-state index is -0.900. The van der Waals surface area contributed by atoms with Gasteiger partial charge in [-0.2, -0.15) is 0 Å². The predicted molar refractivity (Wildman–Crippen MR) is 64.3 cm³/mol. The summed E-state index contributed by atoms with van der Waals surface area (Å²) >= 11 is 0. The van der Waals surface area contributed by atoms with Crippen molar-refractivity contribution in [2.75, 3.05) is 20.3 Å². The van der Waals surface area contributed by atoms with Gasteiger partial charge in [0.25, 0.3) is 0 Å². The van der Waals surface area contributed by atoms with E-state index in [9.17, 15) is 9.59 Å². The van der Waals surface area contributed by atoms with Crippen LogP contribution in [-0.4, -0.2) is 54.0 Å². The normalized spacial score (nSPS) is 24.1. The molecule has 1 amide bonds. The maximum Gasteiger partial charge on any atom is 0.410 e. The summed E-state index contributed by atoms with van der Waals surface area (Å²) in [5.41, 5.74) is -0.587. The molecular formula is C12H21NO5. The summed E-state index contributed by atoms with van der Waals surface area (Å²) in [5, 5.41) is 9.11. The van der Waals surface area contributed by atoms with Crippen molar-refractivity contribution >= 4 is 12.1 Å². The highest BCUT2D eigenvalue weighted by Gasteiger charge is 2.42. The average molecular weight is 259 g/mol. The first-order chi connectivity index (χ1) is 8.26. The van der Waals surface area contributed by atoms with Gasteiger partial charge in [-0.15, -0.1) is 0 Å². The van der Waals surface area contributed by atoms with Gasteiger partial charge < -0.3 is 19.5 Å². The molecule has 1 saturated heterocycles. The fourth-order valence-corrected chi connectivity index (χ4v) is 2.07. The number of carboxylic acid groups (broad SMARTS) is 1. The number of carboxylic acids is 1. The molecule has 0 spiro atoms. The number of amides is 1. The van der Waals surface area contributed by atoms with Gasteiger partial charge in [0.1, 0.15) is 5.60 Å². The van der Waals surface area contributed by atoms with E-state index in [1.54, 1.807) is 20.8 Å². The largest absolute Gasteiger partial charge is 0.481 e. The van der Waals surface area contributed by atoms with Gasteiger partial charge in [0.05, 0.1) is 18.6 Å². The van der Waals surface area contributed by atoms with E-state index in [-0.39, 0.29) is 6.61 Å². The van der Waals surface area contributed by atoms with Crippen LogP contribution in [0, 0.1) is 5.92 Å². The lowest BCUT2D eigenvalue weighted by molar-refractivity contribution is -0.143. The third kappa shape index (κ3) is 3.60. The molecular weight excluding hydrogens is 238 g/mol. The second-order valence-electron chi connectivity index (χ2n) is 5.43. The molecule has 1 aliphatic rings. The standard InChI is InChI=1S/C12H21NO5/c1-12(2,3)18-11(16)13-6-5-8(10(14)15)9(13)7-17-4/h8-9H,5-7H2,1-4H3,(H,14,15). The number of carbonyl (C=O) groups excluding carboxylic acids is 1. The molecule has 1 aliphatic heterocycles. The van der Waals surface area contributed by atoms with Crippen molar-refractivity contribution in [3.05, 3.63) is 0 Å². The fraction of sp³-hybridized carbons (Fsp3) is 0.833. The first kappa shape index (κ1) is 14.8. The molecule has 0 aliphatic carbocycles. The van der Waals surface area contributed by atoms with Gasteiger partial charge in [-0.05, 0) is 27.2 Å². The van der Waals surface area contributed by atoms with Crippen molar-refractivity contribution in [2.24, 2.45) is 5.92 Å². The zero-order valence-electron chi connectivity index (χ0n) is 11.3. The van der Waals surface area contributed by atoms with Crippen LogP contribution in [0.4, 0.5) is 4.79 Å². The van der Waals surface area contributed by atoms with Gasteiger partial charge in [0, 0.05) is 13.7 Å². The van der Waals surface area contributed by atoms with Crippen molar-refractivity contribution in [1.29, 1.82) is 0 Å². The summed E-state index contributed by atoms with van der Waals surface area (Å²) in [4.78, 5) is 24.5. The second kappa shape index (κ2) is 5.56. The van der Waals surface area contributed by atoms with Crippen LogP contribution in [0.2, 0.25) is 0 Å². The van der Waals surface area contributed by atoms with E-state index in [4.69, 9.17) is 14.6 Å². The number of methoxy groups -OCH3 is 1. The number of hydrogen-bond donors (Lipinski definition) is 1. The van der Waals surface area contributed by atoms with E-state index >= 15 is 0 Å². The Kier molecular flexibility index (Phi) is 4.56. The first-order valence-corrected chi connectivity index (χ1v) is 5.97. The lowest BCUT2D eigenvalue weighted by Gasteiger charge is -2.29. The van der Waals surface area contributed by atoms with E-state index in [0.29, 0.717) is 13.0 Å². The Balaban J connectivity index is 2.75. The van der Waals surface area contributed by atoms with Crippen molar-refractivity contribution in [3.63, 3.8) is 0 Å². The molecule has 18 heavy (non-hydrogen) atoms. The molecule has 1 heterocycles. The van der Waals surface area contributed by atoms with Crippen LogP contribution >= 0.6 is 0 Å². The SMILES string of the molecule is COCC1C(C(=O)O)CCN1C(=O)OC(C)(C)C. The summed E-state index contributed by atoms with van der Waals surface area (Å²) in [6, 6.07) is -0.456. The first-order valence-electron chi connectivity index (χ1n) is 5.97. The Labute approximate surface area is 107 Å². The summed E-state index contributed by atoms with van der Waals surface area (Å²) < 4.78 is 10.3. The molecule has 104 valence electrons. The van der Waals surface area contributed by atoms with Gasteiger partial charge in [-0.25, -0.2) is 4.79 Å². The molecule has 0 aromatic heterocycles. The zero-order chi connectivity index (χ0) is 13.9. The van der Waals surface area contributed by atoms with Crippen LogP contribution in [0.25, 0.3) is 0 Å². The number of ether oxygens (including phenoxy) is 2. The topological polar surface area (TPSA) is 76.1 Å². The third-order valence-corrected chi connectivity index (χ3v) is 2.83. The predicted octanol–water partition coefficient (Wildman–Crippen LogP) is 1.34. The van der Waals surface area contributed by atoms with Crippen LogP contribution in [-0.2, 0) is 14.3 Å². The maximum absolute atomic E-state index is 12.0. The molecule has 0 radical (unpaired) electrons. The molecule has 0 bridgehead atoms. The Morgan fingerprint density at radius 1 is 1.39 bits per heavy atom. The molecule has 0 aromatic carbocycles. The Bertz CT molecular complexity index is 323. The van der Waals surface area contributed by atoms with Crippen LogP contribution in [0.3, 0.4) is 0 Å². The molecule has 0 saturated carbocycles. The minimum Gasteiger partial charge on any atom is -0.481 e. The summed E-state index contributed by atoms with van der Waals surface area (Å²) in [6.45, 7) is 5.93. The highest BCUT2D eigenvalue weighted by atomic mass is 16.6. The van der Waals surface area contributed by atoms with Crippen LogP contribution in [0.15, 0.2) is 0 Å². The van der Waals surface area contributed by atoms with E-state index < -0.39 is 29.6 Å². The van der Waals surface area contributed by atoms with Gasteiger partial charge in [0.15, 0.2) is 0 Å². The number of aliphatic carboxylic acids is 1. The molecule has 2 atom stereocenters. The van der Waals surface area contributed by atoms with Crippen molar-refractivity contribution < 1.29 is 24.2 Å². The molecule has 1 rings (SSSR count). The number of nitrogens with zero attached hydrogens (tertiary/aromatic N) is 1. The second-order valence-corrected chi connectivity index (χ2v) is 5.43. The van der Waals surface area contributed by atoms with Crippen LogP contribution < -0.4 is 0 Å². The van der Waals surface area contributed by atoms with Gasteiger partial charge in [0.2, 0.25) is 0 Å². The average Bonchev–Trinajstić information content (AvgIpc) is 2.59. The van der Waals surface area contributed by atoms with E-state index in [1.165, 1.54) is 12.0 Å². The van der Waals surface area contributed by atoms with Gasteiger partial charge in [-0.3, -0.25) is 4.79 Å². The fourth-order valence-electron chi connectivity index (χ4n) is 2.07. The molecule has 1 N–H and O–H groups in total. The highest BCUT2D eigenvalue weighted by Crippen LogP contribution is 2.26. The number of rotatable bonds is 3. The van der Waals surface area contributed by atoms with Crippen LogP contribution in [0.5, 0.6) is 0 Å². The quantitative estimate of drug-likeness (QED) is 0.827. The Morgan fingerprint density at radius 3 is 2.44 bits per heavy atom. The molecule has 1 fully saturated rings. The summed E-state index contributed by atoms with van der Waals surface area (Å²) in [6.07, 6.45) is -0.0453. The Morgan fingerprint density at radius 2 is 2.00 bits per heavy atom. The van der Waals surface area contributed by atoms with Gasteiger partial charge in [-0.1, -0.05) is 0 Å². The lowest BCUT2D eigenvalue weighted by Crippen LogP contribution is -2.44. The maximum atomic E-state index is 12.0. The molecule has 6 nitrogen and oxygen atoms in total. The van der Waals surface area contributed by atoms with Crippen molar-refractivity contribution in [3.8, 4) is 0 Å². The monoisotopic (exact) mass is 259 g/mol. The van der Waals surface area contributed by atoms with E-state index in [2.05, 4.69) is 0 Å². The molecule has 2 unspecified atom stereocenters. The Hall–Kier alpha value is -1.30. The smallest absolute Gasteiger partial charge is 0.410 e.